The summed E-state index contributed by atoms with van der Waals surface area (Å²) in [4.78, 5) is 10.7. The van der Waals surface area contributed by atoms with E-state index in [1.807, 2.05) is 18.2 Å². The SMILES string of the molecule is O=C(CCl)OCCCCCCOCc1ccccc1. The number of alkyl halides is 1. The van der Waals surface area contributed by atoms with Crippen molar-refractivity contribution in [2.24, 2.45) is 0 Å². The highest BCUT2D eigenvalue weighted by atomic mass is 35.5. The summed E-state index contributed by atoms with van der Waals surface area (Å²) in [5.41, 5.74) is 1.20. The van der Waals surface area contributed by atoms with Crippen molar-refractivity contribution >= 4 is 17.6 Å². The third-order valence-corrected chi connectivity index (χ3v) is 2.88. The van der Waals surface area contributed by atoms with E-state index in [0.29, 0.717) is 13.2 Å². The molecule has 0 N–H and O–H groups in total. The molecule has 0 aromatic heterocycles. The fourth-order valence-corrected chi connectivity index (χ4v) is 1.73. The number of esters is 1. The lowest BCUT2D eigenvalue weighted by Crippen LogP contribution is -2.06. The van der Waals surface area contributed by atoms with Gasteiger partial charge < -0.3 is 9.47 Å². The standard InChI is InChI=1S/C15H21ClO3/c16-12-15(17)19-11-7-2-1-6-10-18-13-14-8-4-3-5-9-14/h3-5,8-9H,1-2,6-7,10-13H2. The predicted molar refractivity (Wildman–Crippen MR) is 76.2 cm³/mol. The zero-order valence-corrected chi connectivity index (χ0v) is 11.9. The van der Waals surface area contributed by atoms with Crippen LogP contribution in [0, 0.1) is 0 Å². The number of ether oxygens (including phenoxy) is 2. The molecule has 19 heavy (non-hydrogen) atoms. The van der Waals surface area contributed by atoms with Crippen LogP contribution in [0.15, 0.2) is 30.3 Å². The first-order valence-corrected chi connectivity index (χ1v) is 7.19. The number of halogens is 1. The number of benzene rings is 1. The molecule has 0 saturated heterocycles. The lowest BCUT2D eigenvalue weighted by atomic mass is 10.2. The fourth-order valence-electron chi connectivity index (χ4n) is 1.65. The number of unbranched alkanes of at least 4 members (excludes halogenated alkanes) is 3. The summed E-state index contributed by atoms with van der Waals surface area (Å²) in [6.07, 6.45) is 4.06. The number of carbonyl (C=O) groups is 1. The molecule has 1 aromatic carbocycles. The molecular weight excluding hydrogens is 264 g/mol. The Morgan fingerprint density at radius 1 is 1.00 bits per heavy atom. The van der Waals surface area contributed by atoms with Crippen molar-refractivity contribution in [2.75, 3.05) is 19.1 Å². The monoisotopic (exact) mass is 284 g/mol. The number of hydrogen-bond donors (Lipinski definition) is 0. The molecule has 0 heterocycles. The van der Waals surface area contributed by atoms with Gasteiger partial charge in [-0.3, -0.25) is 4.79 Å². The Bertz CT molecular complexity index is 341. The highest BCUT2D eigenvalue weighted by Gasteiger charge is 1.98. The van der Waals surface area contributed by atoms with Crippen LogP contribution < -0.4 is 0 Å². The van der Waals surface area contributed by atoms with Crippen molar-refractivity contribution in [3.05, 3.63) is 35.9 Å². The Morgan fingerprint density at radius 2 is 1.68 bits per heavy atom. The lowest BCUT2D eigenvalue weighted by molar-refractivity contribution is -0.140. The second-order valence-corrected chi connectivity index (χ2v) is 4.57. The van der Waals surface area contributed by atoms with Crippen LogP contribution in [-0.4, -0.2) is 25.1 Å². The number of rotatable bonds is 10. The summed E-state index contributed by atoms with van der Waals surface area (Å²) in [6, 6.07) is 10.2. The molecular formula is C15H21ClO3. The summed E-state index contributed by atoms with van der Waals surface area (Å²) in [5, 5.41) is 0. The van der Waals surface area contributed by atoms with E-state index in [4.69, 9.17) is 21.1 Å². The lowest BCUT2D eigenvalue weighted by Gasteiger charge is -2.05. The quantitative estimate of drug-likeness (QED) is 0.374. The van der Waals surface area contributed by atoms with Crippen LogP contribution in [0.5, 0.6) is 0 Å². The second kappa shape index (κ2) is 10.8. The van der Waals surface area contributed by atoms with Crippen molar-refractivity contribution in [3.63, 3.8) is 0 Å². The van der Waals surface area contributed by atoms with E-state index in [9.17, 15) is 4.79 Å². The topological polar surface area (TPSA) is 35.5 Å². The molecule has 0 unspecified atom stereocenters. The van der Waals surface area contributed by atoms with Gasteiger partial charge in [0, 0.05) is 6.61 Å². The zero-order valence-electron chi connectivity index (χ0n) is 11.1. The predicted octanol–water partition coefficient (Wildman–Crippen LogP) is 3.55. The van der Waals surface area contributed by atoms with Gasteiger partial charge in [-0.25, -0.2) is 0 Å². The average molecular weight is 285 g/mol. The molecule has 0 aliphatic heterocycles. The highest BCUT2D eigenvalue weighted by molar-refractivity contribution is 6.26. The molecule has 0 bridgehead atoms. The van der Waals surface area contributed by atoms with Crippen molar-refractivity contribution in [1.29, 1.82) is 0 Å². The molecule has 0 aliphatic carbocycles. The molecule has 1 rings (SSSR count). The van der Waals surface area contributed by atoms with Gasteiger partial charge in [0.25, 0.3) is 0 Å². The van der Waals surface area contributed by atoms with E-state index in [1.165, 1.54) is 5.56 Å². The molecule has 106 valence electrons. The Kier molecular flexibility index (Phi) is 9.11. The van der Waals surface area contributed by atoms with Gasteiger partial charge in [0.1, 0.15) is 5.88 Å². The first-order valence-electron chi connectivity index (χ1n) is 6.66. The minimum atomic E-state index is -0.340. The Balaban J connectivity index is 1.85. The molecule has 0 aliphatic rings. The third-order valence-electron chi connectivity index (χ3n) is 2.67. The summed E-state index contributed by atoms with van der Waals surface area (Å²) in [6.45, 7) is 1.92. The molecule has 0 fully saturated rings. The molecule has 0 amide bonds. The smallest absolute Gasteiger partial charge is 0.320 e. The van der Waals surface area contributed by atoms with Gasteiger partial charge in [0.05, 0.1) is 13.2 Å². The van der Waals surface area contributed by atoms with E-state index >= 15 is 0 Å². The molecule has 1 aromatic rings. The van der Waals surface area contributed by atoms with Gasteiger partial charge >= 0.3 is 5.97 Å². The van der Waals surface area contributed by atoms with Crippen LogP contribution in [0.3, 0.4) is 0 Å². The van der Waals surface area contributed by atoms with Crippen LogP contribution in [0.1, 0.15) is 31.2 Å². The first kappa shape index (κ1) is 16.0. The highest BCUT2D eigenvalue weighted by Crippen LogP contribution is 2.04. The van der Waals surface area contributed by atoms with E-state index in [0.717, 1.165) is 32.3 Å². The van der Waals surface area contributed by atoms with E-state index in [2.05, 4.69) is 12.1 Å². The largest absolute Gasteiger partial charge is 0.465 e. The van der Waals surface area contributed by atoms with Crippen LogP contribution in [0.25, 0.3) is 0 Å². The van der Waals surface area contributed by atoms with Gasteiger partial charge in [0.2, 0.25) is 0 Å². The molecule has 0 saturated carbocycles. The van der Waals surface area contributed by atoms with Crippen LogP contribution >= 0.6 is 11.6 Å². The minimum Gasteiger partial charge on any atom is -0.465 e. The molecule has 0 spiro atoms. The maximum Gasteiger partial charge on any atom is 0.320 e. The van der Waals surface area contributed by atoms with E-state index in [-0.39, 0.29) is 11.8 Å². The Hall–Kier alpha value is -1.06. The summed E-state index contributed by atoms with van der Waals surface area (Å²) in [5.74, 6) is -0.402. The third kappa shape index (κ3) is 8.62. The normalized spacial score (nSPS) is 10.4. The zero-order chi connectivity index (χ0) is 13.8. The van der Waals surface area contributed by atoms with E-state index in [1.54, 1.807) is 0 Å². The fraction of sp³-hybridized carbons (Fsp3) is 0.533. The van der Waals surface area contributed by atoms with Gasteiger partial charge in [-0.05, 0) is 24.8 Å². The maximum atomic E-state index is 10.7. The number of hydrogen-bond acceptors (Lipinski definition) is 3. The summed E-state index contributed by atoms with van der Waals surface area (Å²) >= 11 is 5.31. The van der Waals surface area contributed by atoms with Crippen LogP contribution in [0.4, 0.5) is 0 Å². The molecule has 0 atom stereocenters. The summed E-state index contributed by atoms with van der Waals surface area (Å²) < 4.78 is 10.5. The van der Waals surface area contributed by atoms with Crippen LogP contribution in [-0.2, 0) is 20.9 Å². The second-order valence-electron chi connectivity index (χ2n) is 4.31. The van der Waals surface area contributed by atoms with Gasteiger partial charge in [-0.15, -0.1) is 11.6 Å². The van der Waals surface area contributed by atoms with Crippen molar-refractivity contribution in [3.8, 4) is 0 Å². The molecule has 4 heteroatoms. The Labute approximate surface area is 119 Å². The first-order chi connectivity index (χ1) is 9.33. The van der Waals surface area contributed by atoms with Crippen molar-refractivity contribution in [1.82, 2.24) is 0 Å². The summed E-state index contributed by atoms with van der Waals surface area (Å²) in [7, 11) is 0. The van der Waals surface area contributed by atoms with E-state index < -0.39 is 0 Å². The molecule has 3 nitrogen and oxygen atoms in total. The Morgan fingerprint density at radius 3 is 2.37 bits per heavy atom. The van der Waals surface area contributed by atoms with Crippen molar-refractivity contribution in [2.45, 2.75) is 32.3 Å². The minimum absolute atomic E-state index is 0.0622. The number of carbonyl (C=O) groups excluding carboxylic acids is 1. The van der Waals surface area contributed by atoms with Crippen molar-refractivity contribution < 1.29 is 14.3 Å². The maximum absolute atomic E-state index is 10.7. The van der Waals surface area contributed by atoms with Crippen LogP contribution in [0.2, 0.25) is 0 Å². The van der Waals surface area contributed by atoms with Gasteiger partial charge in [-0.1, -0.05) is 36.8 Å². The van der Waals surface area contributed by atoms with Gasteiger partial charge in [-0.2, -0.15) is 0 Å². The van der Waals surface area contributed by atoms with Gasteiger partial charge in [0.15, 0.2) is 0 Å². The molecule has 0 radical (unpaired) electrons. The average Bonchev–Trinajstić information content (AvgIpc) is 2.46.